The topological polar surface area (TPSA) is 58.7 Å². The number of rotatable bonds is 1. The highest BCUT2D eigenvalue weighted by Crippen LogP contribution is 2.26. The molecule has 0 aliphatic carbocycles. The number of hydrogen-bond donors (Lipinski definition) is 1. The highest BCUT2D eigenvalue weighted by atomic mass is 35.5. The van der Waals surface area contributed by atoms with Gasteiger partial charge in [-0.15, -0.1) is 0 Å². The van der Waals surface area contributed by atoms with Gasteiger partial charge >= 0.3 is 0 Å². The van der Waals surface area contributed by atoms with E-state index in [1.807, 2.05) is 0 Å². The number of aliphatic imine (C=N–C) groups is 1. The Morgan fingerprint density at radius 1 is 1.41 bits per heavy atom. The Hall–Kier alpha value is -1.26. The maximum absolute atomic E-state index is 12.2. The molecule has 90 valence electrons. The predicted molar refractivity (Wildman–Crippen MR) is 68.9 cm³/mol. The van der Waals surface area contributed by atoms with E-state index in [4.69, 9.17) is 28.9 Å². The average molecular weight is 272 g/mol. The molecule has 0 fully saturated rings. The van der Waals surface area contributed by atoms with Crippen LogP contribution in [0.2, 0.25) is 10.0 Å². The van der Waals surface area contributed by atoms with E-state index in [0.717, 1.165) is 0 Å². The number of nitrogens with zero attached hydrogens (tertiary/aromatic N) is 2. The number of carbonyl (C=O) groups excluding carboxylic acids is 1. The van der Waals surface area contributed by atoms with Crippen LogP contribution in [-0.4, -0.2) is 36.3 Å². The van der Waals surface area contributed by atoms with E-state index in [-0.39, 0.29) is 10.9 Å². The molecule has 0 unspecified atom stereocenters. The summed E-state index contributed by atoms with van der Waals surface area (Å²) in [7, 11) is 0. The number of hydrogen-bond acceptors (Lipinski definition) is 3. The first-order valence-corrected chi connectivity index (χ1v) is 5.87. The van der Waals surface area contributed by atoms with Gasteiger partial charge in [-0.3, -0.25) is 9.79 Å². The summed E-state index contributed by atoms with van der Waals surface area (Å²) in [5.41, 5.74) is 6.00. The number of amides is 1. The third-order valence-corrected chi connectivity index (χ3v) is 3.33. The standard InChI is InChI=1S/C11H11Cl2N3O/c12-8-3-1-2-7(10(8)13)11(17)16-5-4-15-9(14)6-16/h1-3H,4-6H2,(H2,14,15). The van der Waals surface area contributed by atoms with Crippen molar-refractivity contribution in [3.8, 4) is 0 Å². The third-order valence-electron chi connectivity index (χ3n) is 2.51. The van der Waals surface area contributed by atoms with Crippen molar-refractivity contribution < 1.29 is 4.79 Å². The Morgan fingerprint density at radius 2 is 2.18 bits per heavy atom. The normalized spacial score (nSPS) is 15.6. The molecule has 17 heavy (non-hydrogen) atoms. The zero-order chi connectivity index (χ0) is 12.4. The Kier molecular flexibility index (Phi) is 3.54. The van der Waals surface area contributed by atoms with Crippen LogP contribution >= 0.6 is 23.2 Å². The van der Waals surface area contributed by atoms with Gasteiger partial charge in [-0.25, -0.2) is 0 Å². The Morgan fingerprint density at radius 3 is 2.88 bits per heavy atom. The lowest BCUT2D eigenvalue weighted by Crippen LogP contribution is -2.43. The third kappa shape index (κ3) is 2.53. The molecule has 0 radical (unpaired) electrons. The van der Waals surface area contributed by atoms with Crippen molar-refractivity contribution in [3.63, 3.8) is 0 Å². The highest BCUT2D eigenvalue weighted by Gasteiger charge is 2.21. The molecule has 0 saturated carbocycles. The molecule has 1 aromatic rings. The first-order chi connectivity index (χ1) is 8.09. The highest BCUT2D eigenvalue weighted by molar-refractivity contribution is 6.43. The van der Waals surface area contributed by atoms with Crippen LogP contribution in [0.15, 0.2) is 23.2 Å². The molecule has 6 heteroatoms. The van der Waals surface area contributed by atoms with Crippen molar-refractivity contribution in [1.82, 2.24) is 4.90 Å². The molecule has 0 aromatic heterocycles. The molecule has 2 rings (SSSR count). The lowest BCUT2D eigenvalue weighted by atomic mass is 10.2. The second kappa shape index (κ2) is 4.94. The van der Waals surface area contributed by atoms with Crippen LogP contribution < -0.4 is 5.73 Å². The van der Waals surface area contributed by atoms with Crippen molar-refractivity contribution in [2.75, 3.05) is 19.6 Å². The van der Waals surface area contributed by atoms with Crippen LogP contribution in [0.4, 0.5) is 0 Å². The van der Waals surface area contributed by atoms with Crippen molar-refractivity contribution in [2.24, 2.45) is 10.7 Å². The molecule has 0 bridgehead atoms. The maximum atomic E-state index is 12.2. The Bertz CT molecular complexity index is 488. The second-order valence-corrected chi connectivity index (χ2v) is 4.49. The molecule has 0 atom stereocenters. The van der Waals surface area contributed by atoms with Gasteiger partial charge in [0.25, 0.3) is 5.91 Å². The van der Waals surface area contributed by atoms with Gasteiger partial charge in [0, 0.05) is 6.54 Å². The molecule has 1 aromatic carbocycles. The quantitative estimate of drug-likeness (QED) is 0.847. The van der Waals surface area contributed by atoms with E-state index in [2.05, 4.69) is 4.99 Å². The van der Waals surface area contributed by atoms with Gasteiger partial charge in [0.2, 0.25) is 0 Å². The van der Waals surface area contributed by atoms with Gasteiger partial charge in [0.1, 0.15) is 5.84 Å². The van der Waals surface area contributed by atoms with Crippen LogP contribution in [0.3, 0.4) is 0 Å². The summed E-state index contributed by atoms with van der Waals surface area (Å²) < 4.78 is 0. The molecule has 1 amide bonds. The van der Waals surface area contributed by atoms with Gasteiger partial charge in [0.15, 0.2) is 0 Å². The van der Waals surface area contributed by atoms with E-state index in [9.17, 15) is 4.79 Å². The predicted octanol–water partition coefficient (Wildman–Crippen LogP) is 1.81. The molecule has 0 saturated heterocycles. The minimum atomic E-state index is -0.171. The minimum Gasteiger partial charge on any atom is -0.386 e. The smallest absolute Gasteiger partial charge is 0.255 e. The van der Waals surface area contributed by atoms with E-state index in [1.165, 1.54) is 0 Å². The van der Waals surface area contributed by atoms with Crippen molar-refractivity contribution in [2.45, 2.75) is 0 Å². The fourth-order valence-corrected chi connectivity index (χ4v) is 2.03. The van der Waals surface area contributed by atoms with Crippen molar-refractivity contribution in [1.29, 1.82) is 0 Å². The molecular weight excluding hydrogens is 261 g/mol. The zero-order valence-corrected chi connectivity index (χ0v) is 10.5. The van der Waals surface area contributed by atoms with Crippen molar-refractivity contribution >= 4 is 34.9 Å². The Labute approximate surface area is 109 Å². The Balaban J connectivity index is 2.26. The van der Waals surface area contributed by atoms with Gasteiger partial charge in [-0.1, -0.05) is 29.3 Å². The van der Waals surface area contributed by atoms with E-state index in [0.29, 0.717) is 36.1 Å². The average Bonchev–Trinajstić information content (AvgIpc) is 2.32. The zero-order valence-electron chi connectivity index (χ0n) is 8.99. The summed E-state index contributed by atoms with van der Waals surface area (Å²) in [6, 6.07) is 4.99. The number of benzene rings is 1. The van der Waals surface area contributed by atoms with Crippen LogP contribution in [-0.2, 0) is 0 Å². The first-order valence-electron chi connectivity index (χ1n) is 5.11. The molecule has 4 nitrogen and oxygen atoms in total. The number of amidine groups is 1. The van der Waals surface area contributed by atoms with Crippen LogP contribution in [0.5, 0.6) is 0 Å². The fraction of sp³-hybridized carbons (Fsp3) is 0.273. The summed E-state index contributed by atoms with van der Waals surface area (Å²) in [5, 5.41) is 0.649. The summed E-state index contributed by atoms with van der Waals surface area (Å²) in [6.45, 7) is 1.40. The SMILES string of the molecule is NC1=NCCN(C(=O)c2cccc(Cl)c2Cl)C1. The number of nitrogens with two attached hydrogens (primary N) is 1. The van der Waals surface area contributed by atoms with Gasteiger partial charge in [-0.2, -0.15) is 0 Å². The summed E-state index contributed by atoms with van der Waals surface area (Å²) >= 11 is 11.9. The summed E-state index contributed by atoms with van der Waals surface area (Å²) in [5.74, 6) is 0.290. The van der Waals surface area contributed by atoms with E-state index >= 15 is 0 Å². The minimum absolute atomic E-state index is 0.171. The summed E-state index contributed by atoms with van der Waals surface area (Å²) in [6.07, 6.45) is 0. The monoisotopic (exact) mass is 271 g/mol. The molecule has 1 heterocycles. The number of carbonyl (C=O) groups is 1. The van der Waals surface area contributed by atoms with Gasteiger partial charge in [0.05, 0.1) is 28.7 Å². The maximum Gasteiger partial charge on any atom is 0.255 e. The van der Waals surface area contributed by atoms with E-state index in [1.54, 1.807) is 23.1 Å². The largest absolute Gasteiger partial charge is 0.386 e. The van der Waals surface area contributed by atoms with Gasteiger partial charge in [-0.05, 0) is 12.1 Å². The molecule has 1 aliphatic rings. The van der Waals surface area contributed by atoms with Crippen LogP contribution in [0.25, 0.3) is 0 Å². The lowest BCUT2D eigenvalue weighted by molar-refractivity contribution is 0.0778. The molecule has 1 aliphatic heterocycles. The fourth-order valence-electron chi connectivity index (χ4n) is 1.65. The van der Waals surface area contributed by atoms with Crippen LogP contribution in [0, 0.1) is 0 Å². The summed E-state index contributed by atoms with van der Waals surface area (Å²) in [4.78, 5) is 17.8. The van der Waals surface area contributed by atoms with Crippen LogP contribution in [0.1, 0.15) is 10.4 Å². The second-order valence-electron chi connectivity index (χ2n) is 3.70. The van der Waals surface area contributed by atoms with Gasteiger partial charge < -0.3 is 10.6 Å². The first kappa shape index (κ1) is 12.2. The molecule has 0 spiro atoms. The lowest BCUT2D eigenvalue weighted by Gasteiger charge is -2.25. The molecular formula is C11H11Cl2N3O. The number of halogens is 2. The molecule has 2 N–H and O–H groups in total. The van der Waals surface area contributed by atoms with E-state index < -0.39 is 0 Å². The van der Waals surface area contributed by atoms with Crippen molar-refractivity contribution in [3.05, 3.63) is 33.8 Å².